The number of aliphatic imine (C=N–C) groups is 1. The van der Waals surface area contributed by atoms with Crippen LogP contribution in [-0.4, -0.2) is 44.2 Å². The fourth-order valence-electron chi connectivity index (χ4n) is 3.79. The Labute approximate surface area is 255 Å². The molecular formula is C30H29F3N6O4S. The molecule has 4 rings (SSSR count). The first-order valence-corrected chi connectivity index (χ1v) is 14.3. The van der Waals surface area contributed by atoms with Crippen LogP contribution in [0.4, 0.5) is 29.3 Å². The highest BCUT2D eigenvalue weighted by molar-refractivity contribution is 8.14. The summed E-state index contributed by atoms with van der Waals surface area (Å²) < 4.78 is 47.8. The maximum absolute atomic E-state index is 12.8. The number of amidine groups is 1. The van der Waals surface area contributed by atoms with Crippen molar-refractivity contribution in [2.24, 2.45) is 10.9 Å². The quantitative estimate of drug-likeness (QED) is 0.0903. The molecule has 1 heterocycles. The van der Waals surface area contributed by atoms with E-state index in [-0.39, 0.29) is 28.7 Å². The molecule has 0 aliphatic carbocycles. The van der Waals surface area contributed by atoms with Gasteiger partial charge < -0.3 is 20.1 Å². The molecular weight excluding hydrogens is 597 g/mol. The highest BCUT2D eigenvalue weighted by Gasteiger charge is 2.31. The molecule has 3 aromatic carbocycles. The van der Waals surface area contributed by atoms with Crippen LogP contribution in [0.15, 0.2) is 78.0 Å². The lowest BCUT2D eigenvalue weighted by Gasteiger charge is -2.14. The lowest BCUT2D eigenvalue weighted by atomic mass is 10.1. The third-order valence-electron chi connectivity index (χ3n) is 6.01. The second-order valence-electron chi connectivity index (χ2n) is 9.75. The number of esters is 1. The Bertz CT molecular complexity index is 1620. The van der Waals surface area contributed by atoms with Crippen molar-refractivity contribution in [2.75, 3.05) is 16.6 Å². The number of carbonyl (C=O) groups is 2. The van der Waals surface area contributed by atoms with E-state index in [1.54, 1.807) is 38.1 Å². The van der Waals surface area contributed by atoms with E-state index in [0.717, 1.165) is 28.6 Å². The van der Waals surface area contributed by atoms with Gasteiger partial charge in [-0.15, -0.1) is 18.3 Å². The van der Waals surface area contributed by atoms with E-state index in [1.807, 2.05) is 32.0 Å². The third kappa shape index (κ3) is 9.07. The van der Waals surface area contributed by atoms with Gasteiger partial charge in [0, 0.05) is 16.9 Å². The van der Waals surface area contributed by atoms with Gasteiger partial charge in [0.2, 0.25) is 0 Å². The van der Waals surface area contributed by atoms with E-state index in [0.29, 0.717) is 22.8 Å². The van der Waals surface area contributed by atoms with Crippen LogP contribution in [0, 0.1) is 19.8 Å². The minimum absolute atomic E-state index is 0.0269. The number of amides is 2. The molecule has 14 heteroatoms. The lowest BCUT2D eigenvalue weighted by Crippen LogP contribution is -2.18. The van der Waals surface area contributed by atoms with Gasteiger partial charge >= 0.3 is 18.4 Å². The van der Waals surface area contributed by atoms with E-state index in [4.69, 9.17) is 4.74 Å². The van der Waals surface area contributed by atoms with Gasteiger partial charge in [-0.25, -0.2) is 14.5 Å². The van der Waals surface area contributed by atoms with Gasteiger partial charge in [-0.2, -0.15) is 4.99 Å². The normalized spacial score (nSPS) is 11.8. The fourth-order valence-corrected chi connectivity index (χ4v) is 4.40. The molecule has 2 amide bonds. The molecule has 0 atom stereocenters. The molecule has 0 unspecified atom stereocenters. The molecule has 1 aromatic heterocycles. The van der Waals surface area contributed by atoms with Crippen LogP contribution >= 0.6 is 11.8 Å². The average molecular weight is 627 g/mol. The summed E-state index contributed by atoms with van der Waals surface area (Å²) in [6, 6.07) is 17.1. The zero-order chi connectivity index (χ0) is 31.9. The van der Waals surface area contributed by atoms with Crippen LogP contribution < -0.4 is 15.4 Å². The molecule has 0 radical (unpaired) electrons. The molecule has 230 valence electrons. The van der Waals surface area contributed by atoms with Crippen LogP contribution in [0.2, 0.25) is 0 Å². The number of para-hydroxylation sites is 1. The molecule has 0 fully saturated rings. The van der Waals surface area contributed by atoms with Crippen molar-refractivity contribution < 1.29 is 32.2 Å². The van der Waals surface area contributed by atoms with Crippen LogP contribution in [-0.2, 0) is 9.53 Å². The Morgan fingerprint density at radius 1 is 0.977 bits per heavy atom. The first-order valence-electron chi connectivity index (χ1n) is 13.3. The van der Waals surface area contributed by atoms with Crippen molar-refractivity contribution in [3.05, 3.63) is 84.2 Å². The zero-order valence-electron chi connectivity index (χ0n) is 24.2. The molecule has 0 bridgehead atoms. The van der Waals surface area contributed by atoms with Gasteiger partial charge in [-0.3, -0.25) is 4.79 Å². The topological polar surface area (TPSA) is 120 Å². The molecule has 0 saturated carbocycles. The fraction of sp³-hybridized carbons (Fsp3) is 0.233. The van der Waals surface area contributed by atoms with Gasteiger partial charge in [0.05, 0.1) is 11.6 Å². The smallest absolute Gasteiger partial charge is 0.454 e. The number of alkyl halides is 3. The number of aryl methyl sites for hydroxylation is 2. The minimum Gasteiger partial charge on any atom is -0.454 e. The predicted molar refractivity (Wildman–Crippen MR) is 163 cm³/mol. The third-order valence-corrected chi connectivity index (χ3v) is 6.71. The number of hydrogen-bond acceptors (Lipinski definition) is 7. The maximum atomic E-state index is 12.8. The van der Waals surface area contributed by atoms with Gasteiger partial charge in [0.25, 0.3) is 0 Å². The number of nitrogens with zero attached hydrogens (tertiary/aromatic N) is 4. The molecule has 0 aliphatic rings. The molecule has 0 spiro atoms. The average Bonchev–Trinajstić information content (AvgIpc) is 3.45. The Hall–Kier alpha value is -4.85. The van der Waals surface area contributed by atoms with E-state index in [2.05, 4.69) is 30.4 Å². The summed E-state index contributed by atoms with van der Waals surface area (Å²) in [5.74, 6) is -0.651. The van der Waals surface area contributed by atoms with E-state index in [1.165, 1.54) is 35.3 Å². The van der Waals surface area contributed by atoms with Crippen LogP contribution in [0.25, 0.3) is 17.1 Å². The van der Waals surface area contributed by atoms with Crippen molar-refractivity contribution in [1.82, 2.24) is 14.8 Å². The first kappa shape index (κ1) is 32.1. The number of ether oxygens (including phenoxy) is 2. The van der Waals surface area contributed by atoms with Gasteiger partial charge in [-0.1, -0.05) is 32.0 Å². The number of aromatic nitrogens is 3. The Kier molecular flexibility index (Phi) is 10.3. The number of anilines is 2. The highest BCUT2D eigenvalue weighted by Crippen LogP contribution is 2.25. The second kappa shape index (κ2) is 14.1. The molecule has 0 saturated heterocycles. The Balaban J connectivity index is 1.43. The highest BCUT2D eigenvalue weighted by atomic mass is 32.2. The predicted octanol–water partition coefficient (Wildman–Crippen LogP) is 7.34. The second-order valence-corrected chi connectivity index (χ2v) is 10.7. The number of benzene rings is 3. The number of rotatable bonds is 8. The summed E-state index contributed by atoms with van der Waals surface area (Å²) in [5, 5.41) is 10.5. The zero-order valence-corrected chi connectivity index (χ0v) is 25.0. The first-order chi connectivity index (χ1) is 20.9. The van der Waals surface area contributed by atoms with E-state index in [9.17, 15) is 22.8 Å². The lowest BCUT2D eigenvalue weighted by molar-refractivity contribution is -0.274. The van der Waals surface area contributed by atoms with Crippen LogP contribution in [0.5, 0.6) is 5.75 Å². The van der Waals surface area contributed by atoms with Gasteiger partial charge in [0.15, 0.2) is 11.0 Å². The number of nitrogens with one attached hydrogen (secondary N) is 2. The van der Waals surface area contributed by atoms with Crippen molar-refractivity contribution in [2.45, 2.75) is 34.1 Å². The maximum Gasteiger partial charge on any atom is 0.573 e. The van der Waals surface area contributed by atoms with E-state index >= 15 is 0 Å². The Morgan fingerprint density at radius 3 is 2.25 bits per heavy atom. The summed E-state index contributed by atoms with van der Waals surface area (Å²) in [6.07, 6.45) is -3.34. The van der Waals surface area contributed by atoms with Crippen molar-refractivity contribution in [1.29, 1.82) is 0 Å². The summed E-state index contributed by atoms with van der Waals surface area (Å²) in [7, 11) is 0. The number of thioether (sulfide) groups is 1. The number of halogens is 3. The van der Waals surface area contributed by atoms with Crippen LogP contribution in [0.3, 0.4) is 0 Å². The Morgan fingerprint density at radius 2 is 1.64 bits per heavy atom. The molecule has 2 N–H and O–H groups in total. The number of carbonyl (C=O) groups excluding carboxylic acids is 2. The summed E-state index contributed by atoms with van der Waals surface area (Å²) in [5.41, 5.74) is 4.30. The standard InChI is InChI=1S/C30H29F3N6O4S/c1-18(2)27(40)42-17-44-29(36-25-19(3)6-5-7-20(25)4)37-28(41)35-22-10-8-21(9-11-22)26-34-16-39(38-26)23-12-14-24(15-13-23)43-30(31,32)33/h5-16,18H,17H2,1-4H3,(H2,35,36,37,41). The van der Waals surface area contributed by atoms with Crippen molar-refractivity contribution >= 4 is 40.3 Å². The molecule has 0 aliphatic heterocycles. The van der Waals surface area contributed by atoms with Crippen molar-refractivity contribution in [3.8, 4) is 22.8 Å². The monoisotopic (exact) mass is 626 g/mol. The largest absolute Gasteiger partial charge is 0.573 e. The van der Waals surface area contributed by atoms with Gasteiger partial charge in [0.1, 0.15) is 18.0 Å². The number of urea groups is 1. The number of hydrogen-bond donors (Lipinski definition) is 2. The van der Waals surface area contributed by atoms with Gasteiger partial charge in [-0.05, 0) is 85.3 Å². The van der Waals surface area contributed by atoms with Crippen LogP contribution in [0.1, 0.15) is 25.0 Å². The summed E-state index contributed by atoms with van der Waals surface area (Å²) in [6.45, 7) is 7.32. The van der Waals surface area contributed by atoms with Crippen molar-refractivity contribution in [3.63, 3.8) is 0 Å². The summed E-state index contributed by atoms with van der Waals surface area (Å²) in [4.78, 5) is 33.2. The minimum atomic E-state index is -4.78. The van der Waals surface area contributed by atoms with E-state index < -0.39 is 12.4 Å². The molecule has 44 heavy (non-hydrogen) atoms. The summed E-state index contributed by atoms with van der Waals surface area (Å²) >= 11 is 1.08. The molecule has 10 nitrogen and oxygen atoms in total. The molecule has 4 aromatic rings. The SMILES string of the molecule is Cc1cccc(C)c1N/C(=N/C(=O)Nc1ccc(-c2ncn(-c3ccc(OC(F)(F)F)cc3)n2)cc1)SCOC(=O)C(C)C.